The molecular formula is C30H46O4. The zero-order valence-electron chi connectivity index (χ0n) is 22.2. The molecule has 0 aromatic rings. The molecule has 5 aliphatic rings. The van der Waals surface area contributed by atoms with E-state index in [4.69, 9.17) is 4.74 Å². The van der Waals surface area contributed by atoms with Crippen LogP contribution in [0, 0.1) is 39.4 Å². The lowest BCUT2D eigenvalue weighted by Crippen LogP contribution is -2.59. The van der Waals surface area contributed by atoms with Crippen molar-refractivity contribution in [3.63, 3.8) is 0 Å². The average molecular weight is 471 g/mol. The topological polar surface area (TPSA) is 66.8 Å². The van der Waals surface area contributed by atoms with E-state index in [0.29, 0.717) is 24.7 Å². The van der Waals surface area contributed by atoms with Crippen LogP contribution in [0.15, 0.2) is 23.8 Å². The summed E-state index contributed by atoms with van der Waals surface area (Å²) in [5, 5.41) is 21.6. The predicted octanol–water partition coefficient (Wildman–Crippen LogP) is 5.97. The number of rotatable bonds is 4. The second-order valence-electron chi connectivity index (χ2n) is 14.0. The number of aliphatic hydroxyl groups is 2. The Morgan fingerprint density at radius 3 is 2.50 bits per heavy atom. The number of cyclic esters (lactones) is 1. The minimum Gasteiger partial charge on any atom is -0.458 e. The molecule has 5 rings (SSSR count). The van der Waals surface area contributed by atoms with Crippen molar-refractivity contribution in [2.45, 2.75) is 117 Å². The van der Waals surface area contributed by atoms with Crippen LogP contribution in [0.5, 0.6) is 0 Å². The molecule has 190 valence electrons. The van der Waals surface area contributed by atoms with Gasteiger partial charge < -0.3 is 14.9 Å². The van der Waals surface area contributed by atoms with Crippen molar-refractivity contribution in [2.75, 3.05) is 0 Å². The highest BCUT2D eigenvalue weighted by molar-refractivity contribution is 5.83. The quantitative estimate of drug-likeness (QED) is 0.393. The highest BCUT2D eigenvalue weighted by Crippen LogP contribution is 2.76. The van der Waals surface area contributed by atoms with Gasteiger partial charge in [-0.25, -0.2) is 0 Å². The molecule has 9 atom stereocenters. The molecule has 4 aliphatic carbocycles. The van der Waals surface area contributed by atoms with Crippen molar-refractivity contribution in [1.29, 1.82) is 0 Å². The number of carbonyl (C=O) groups is 1. The lowest BCUT2D eigenvalue weighted by Gasteiger charge is -2.63. The van der Waals surface area contributed by atoms with Gasteiger partial charge in [-0.05, 0) is 87.9 Å². The van der Waals surface area contributed by atoms with Crippen molar-refractivity contribution >= 4 is 5.97 Å². The van der Waals surface area contributed by atoms with Gasteiger partial charge in [0, 0.05) is 17.8 Å². The van der Waals surface area contributed by atoms with Crippen LogP contribution in [-0.2, 0) is 9.53 Å². The first-order valence-corrected chi connectivity index (χ1v) is 13.7. The predicted molar refractivity (Wildman–Crippen MR) is 134 cm³/mol. The Kier molecular flexibility index (Phi) is 5.38. The molecule has 1 saturated heterocycles. The zero-order chi connectivity index (χ0) is 24.9. The molecule has 4 heteroatoms. The molecule has 3 saturated carbocycles. The van der Waals surface area contributed by atoms with Gasteiger partial charge in [0.05, 0.1) is 17.6 Å². The number of hydrogen-bond donors (Lipinski definition) is 2. The molecule has 0 aromatic heterocycles. The second-order valence-corrected chi connectivity index (χ2v) is 14.0. The van der Waals surface area contributed by atoms with E-state index in [0.717, 1.165) is 50.5 Å². The molecule has 34 heavy (non-hydrogen) atoms. The number of esters is 1. The minimum absolute atomic E-state index is 0.0199. The highest BCUT2D eigenvalue weighted by Gasteiger charge is 2.76. The van der Waals surface area contributed by atoms with Gasteiger partial charge in [-0.1, -0.05) is 44.9 Å². The molecule has 9 unspecified atom stereocenters. The van der Waals surface area contributed by atoms with E-state index in [1.807, 2.05) is 6.92 Å². The van der Waals surface area contributed by atoms with Crippen molar-refractivity contribution in [3.8, 4) is 0 Å². The number of carbonyl (C=O) groups excluding carboxylic acids is 1. The Bertz CT molecular complexity index is 934. The largest absolute Gasteiger partial charge is 0.458 e. The SMILES string of the molecule is C=C(C)CC(O)CC1(C)OC(=O)C23CCC4C(=CCC5C(C)(C)C(O)CCC45C)C2(C)CCC13. The van der Waals surface area contributed by atoms with Crippen LogP contribution in [0.3, 0.4) is 0 Å². The number of fused-ring (bicyclic) bond motifs is 4. The summed E-state index contributed by atoms with van der Waals surface area (Å²) in [6.45, 7) is 17.3. The Balaban J connectivity index is 1.51. The number of allylic oxidation sites excluding steroid dienone is 2. The summed E-state index contributed by atoms with van der Waals surface area (Å²) in [6, 6.07) is 0. The van der Waals surface area contributed by atoms with E-state index < -0.39 is 17.1 Å². The number of hydrogen-bond acceptors (Lipinski definition) is 4. The third kappa shape index (κ3) is 2.94. The lowest BCUT2D eigenvalue weighted by atomic mass is 9.41. The summed E-state index contributed by atoms with van der Waals surface area (Å²) in [7, 11) is 0. The summed E-state index contributed by atoms with van der Waals surface area (Å²) in [5.41, 5.74) is 1.28. The molecule has 0 bridgehead atoms. The first kappa shape index (κ1) is 24.6. The number of ether oxygens (including phenoxy) is 1. The third-order valence-corrected chi connectivity index (χ3v) is 11.9. The molecule has 0 radical (unpaired) electrons. The molecule has 1 spiro atoms. The first-order valence-electron chi connectivity index (χ1n) is 13.7. The van der Waals surface area contributed by atoms with Crippen LogP contribution in [0.25, 0.3) is 0 Å². The van der Waals surface area contributed by atoms with Crippen LogP contribution in [-0.4, -0.2) is 34.0 Å². The van der Waals surface area contributed by atoms with E-state index in [9.17, 15) is 15.0 Å². The van der Waals surface area contributed by atoms with Gasteiger partial charge in [-0.3, -0.25) is 4.79 Å². The van der Waals surface area contributed by atoms with Crippen LogP contribution in [0.2, 0.25) is 0 Å². The molecule has 0 aromatic carbocycles. The molecule has 4 nitrogen and oxygen atoms in total. The maximum absolute atomic E-state index is 13.8. The van der Waals surface area contributed by atoms with E-state index in [-0.39, 0.29) is 34.2 Å². The fraction of sp³-hybridized carbons (Fsp3) is 0.833. The lowest BCUT2D eigenvalue weighted by molar-refractivity contribution is -0.163. The standard InChI is InChI=1S/C30H46O4/c1-18(2)16-19(31)17-29(7)23-11-14-28(6)21-8-9-22-26(3,4)24(32)12-13-27(22,5)20(21)10-15-30(23,28)25(33)34-29/h8,19-20,22-24,31-32H,1,9-17H2,2-7H3. The van der Waals surface area contributed by atoms with E-state index in [1.165, 1.54) is 5.57 Å². The average Bonchev–Trinajstić information content (AvgIpc) is 3.15. The van der Waals surface area contributed by atoms with Crippen molar-refractivity contribution in [2.24, 2.45) is 39.4 Å². The maximum atomic E-state index is 13.8. The highest BCUT2D eigenvalue weighted by atomic mass is 16.6. The monoisotopic (exact) mass is 470 g/mol. The third-order valence-electron chi connectivity index (χ3n) is 11.9. The zero-order valence-corrected chi connectivity index (χ0v) is 22.2. The molecule has 4 fully saturated rings. The Hall–Kier alpha value is -1.13. The van der Waals surface area contributed by atoms with Crippen LogP contribution >= 0.6 is 0 Å². The Labute approximate surface area is 206 Å². The second kappa shape index (κ2) is 7.44. The number of aliphatic hydroxyl groups excluding tert-OH is 2. The van der Waals surface area contributed by atoms with E-state index >= 15 is 0 Å². The molecular weight excluding hydrogens is 424 g/mol. The van der Waals surface area contributed by atoms with E-state index in [2.05, 4.69) is 47.3 Å². The normalized spacial score (nSPS) is 49.8. The summed E-state index contributed by atoms with van der Waals surface area (Å²) in [6.07, 6.45) is 9.59. The van der Waals surface area contributed by atoms with Gasteiger partial charge in [-0.15, -0.1) is 6.58 Å². The summed E-state index contributed by atoms with van der Waals surface area (Å²) < 4.78 is 6.26. The summed E-state index contributed by atoms with van der Waals surface area (Å²) in [4.78, 5) is 13.8. The molecule has 2 N–H and O–H groups in total. The summed E-state index contributed by atoms with van der Waals surface area (Å²) >= 11 is 0. The minimum atomic E-state index is -0.616. The molecule has 0 amide bonds. The van der Waals surface area contributed by atoms with Gasteiger partial charge in [0.25, 0.3) is 0 Å². The van der Waals surface area contributed by atoms with Crippen molar-refractivity contribution < 1.29 is 19.7 Å². The van der Waals surface area contributed by atoms with Gasteiger partial charge in [0.1, 0.15) is 5.60 Å². The van der Waals surface area contributed by atoms with Gasteiger partial charge in [0.2, 0.25) is 0 Å². The smallest absolute Gasteiger partial charge is 0.313 e. The molecule has 1 heterocycles. The maximum Gasteiger partial charge on any atom is 0.313 e. The van der Waals surface area contributed by atoms with Crippen molar-refractivity contribution in [3.05, 3.63) is 23.8 Å². The van der Waals surface area contributed by atoms with Gasteiger partial charge in [0.15, 0.2) is 0 Å². The van der Waals surface area contributed by atoms with Gasteiger partial charge >= 0.3 is 5.97 Å². The van der Waals surface area contributed by atoms with Crippen LogP contribution in [0.1, 0.15) is 99.3 Å². The van der Waals surface area contributed by atoms with E-state index in [1.54, 1.807) is 0 Å². The molecule has 1 aliphatic heterocycles. The van der Waals surface area contributed by atoms with Crippen LogP contribution in [0.4, 0.5) is 0 Å². The summed E-state index contributed by atoms with van der Waals surface area (Å²) in [5.74, 6) is 1.06. The first-order chi connectivity index (χ1) is 15.7. The Morgan fingerprint density at radius 1 is 1.12 bits per heavy atom. The van der Waals surface area contributed by atoms with Crippen LogP contribution < -0.4 is 0 Å². The van der Waals surface area contributed by atoms with Gasteiger partial charge in [-0.2, -0.15) is 0 Å². The van der Waals surface area contributed by atoms with Crippen molar-refractivity contribution in [1.82, 2.24) is 0 Å². The fourth-order valence-electron chi connectivity index (χ4n) is 10.2. The Morgan fingerprint density at radius 2 is 1.82 bits per heavy atom. The fourth-order valence-corrected chi connectivity index (χ4v) is 10.2.